The van der Waals surface area contributed by atoms with Crippen LogP contribution >= 0.6 is 10.2 Å². The zero-order valence-corrected chi connectivity index (χ0v) is 24.0. The number of halogens is 8. The van der Waals surface area contributed by atoms with Gasteiger partial charge in [-0.3, -0.25) is 4.79 Å². The molecule has 0 heterocycles. The zero-order chi connectivity index (χ0) is 32.7. The highest BCUT2D eigenvalue weighted by Gasteiger charge is 2.67. The molecule has 44 heavy (non-hydrogen) atoms. The van der Waals surface area contributed by atoms with E-state index in [1.54, 1.807) is 6.07 Å². The zero-order valence-electron chi connectivity index (χ0n) is 21.6. The molecule has 4 aromatic rings. The van der Waals surface area contributed by atoms with Crippen LogP contribution in [0.25, 0.3) is 0 Å². The minimum atomic E-state index is -7.46. The molecule has 4 rings (SSSR count). The number of sulfonamides is 2. The van der Waals surface area contributed by atoms with E-state index in [4.69, 9.17) is 0 Å². The van der Waals surface area contributed by atoms with Crippen LogP contribution in [0.15, 0.2) is 118 Å². The van der Waals surface area contributed by atoms with E-state index in [9.17, 15) is 56.8 Å². The first-order valence-corrected chi connectivity index (χ1v) is 16.3. The smallest absolute Gasteiger partial charge is 0.289 e. The Kier molecular flexibility index (Phi) is 8.73. The van der Waals surface area contributed by atoms with Crippen molar-refractivity contribution in [3.05, 3.63) is 126 Å². The van der Waals surface area contributed by atoms with E-state index < -0.39 is 76.5 Å². The number of hydrogen-bond acceptors (Lipinski definition) is 5. The standard InChI is InChI=1S/C27H17F8NO5S3/c28-20-8-14-23(15-9-20)42(24-16-10-21(29)11-17-24,36(43(38,39)26(30,31)32)44(40,41)27(33,34)35)22-12-6-19(7-13-22)25(37)18-4-2-1-3-5-18/h1-17H. The van der Waals surface area contributed by atoms with Gasteiger partial charge in [0.2, 0.25) is 0 Å². The maximum atomic E-state index is 14.2. The number of carbonyl (C=O) groups is 1. The first-order valence-electron chi connectivity index (χ1n) is 11.8. The molecule has 0 bridgehead atoms. The Morgan fingerprint density at radius 1 is 0.500 bits per heavy atom. The fraction of sp³-hybridized carbons (Fsp3) is 0.0741. The second-order valence-electron chi connectivity index (χ2n) is 8.77. The summed E-state index contributed by atoms with van der Waals surface area (Å²) in [4.78, 5) is 10.5. The van der Waals surface area contributed by atoms with E-state index in [1.165, 1.54) is 24.3 Å². The van der Waals surface area contributed by atoms with Crippen molar-refractivity contribution < 1.29 is 56.8 Å². The minimum absolute atomic E-state index is 0.136. The summed E-state index contributed by atoms with van der Waals surface area (Å²) in [5.41, 5.74) is -13.3. The molecule has 0 aromatic heterocycles. The fourth-order valence-corrected chi connectivity index (χ4v) is 13.3. The van der Waals surface area contributed by atoms with E-state index >= 15 is 0 Å². The molecule has 0 fully saturated rings. The lowest BCUT2D eigenvalue weighted by Gasteiger charge is -2.47. The van der Waals surface area contributed by atoms with E-state index in [-0.39, 0.29) is 11.1 Å². The third-order valence-electron chi connectivity index (χ3n) is 6.00. The number of ketones is 1. The summed E-state index contributed by atoms with van der Waals surface area (Å²) in [5.74, 6) is -2.77. The van der Waals surface area contributed by atoms with Crippen LogP contribution in [0, 0.1) is 11.6 Å². The first kappa shape index (κ1) is 33.1. The van der Waals surface area contributed by atoms with Gasteiger partial charge >= 0.3 is 31.1 Å². The monoisotopic (exact) mass is 683 g/mol. The van der Waals surface area contributed by atoms with Gasteiger partial charge in [0.25, 0.3) is 0 Å². The maximum Gasteiger partial charge on any atom is 0.513 e. The molecule has 0 aliphatic carbocycles. The van der Waals surface area contributed by atoms with Gasteiger partial charge in [-0.2, -0.15) is 26.3 Å². The lowest BCUT2D eigenvalue weighted by Crippen LogP contribution is -2.50. The third-order valence-corrected chi connectivity index (χ3v) is 15.0. The quantitative estimate of drug-likeness (QED) is 0.143. The van der Waals surface area contributed by atoms with Gasteiger partial charge in [0.1, 0.15) is 11.6 Å². The minimum Gasteiger partial charge on any atom is -0.289 e. The molecule has 234 valence electrons. The van der Waals surface area contributed by atoms with E-state index in [1.807, 2.05) is 0 Å². The number of rotatable bonds is 8. The Bertz CT molecular complexity index is 1790. The van der Waals surface area contributed by atoms with Crippen LogP contribution in [0.1, 0.15) is 15.9 Å². The average molecular weight is 684 g/mol. The van der Waals surface area contributed by atoms with Gasteiger partial charge in [-0.25, -0.2) is 25.6 Å². The molecule has 0 amide bonds. The molecule has 0 unspecified atom stereocenters. The van der Waals surface area contributed by atoms with Crippen LogP contribution in [0.2, 0.25) is 0 Å². The summed E-state index contributed by atoms with van der Waals surface area (Å²) in [5, 5.41) is 0. The number of carbonyl (C=O) groups excluding carboxylic acids is 1. The lowest BCUT2D eigenvalue weighted by atomic mass is 10.0. The van der Waals surface area contributed by atoms with Gasteiger partial charge in [-0.15, -0.1) is 0 Å². The highest BCUT2D eigenvalue weighted by Crippen LogP contribution is 2.74. The molecule has 0 radical (unpaired) electrons. The van der Waals surface area contributed by atoms with E-state index in [0.717, 1.165) is 24.3 Å². The predicted molar refractivity (Wildman–Crippen MR) is 143 cm³/mol. The van der Waals surface area contributed by atoms with Crippen molar-refractivity contribution in [3.63, 3.8) is 0 Å². The molecule has 0 atom stereocenters. The van der Waals surface area contributed by atoms with Crippen LogP contribution < -0.4 is 0 Å². The fourth-order valence-electron chi connectivity index (χ4n) is 4.08. The molecule has 0 aliphatic heterocycles. The van der Waals surface area contributed by atoms with Crippen LogP contribution in [0.4, 0.5) is 35.1 Å². The van der Waals surface area contributed by atoms with Crippen molar-refractivity contribution in [2.45, 2.75) is 25.7 Å². The Labute approximate surface area is 247 Å². The van der Waals surface area contributed by atoms with Crippen LogP contribution in [-0.4, -0.2) is 36.8 Å². The molecule has 0 spiro atoms. The van der Waals surface area contributed by atoms with Crippen molar-refractivity contribution >= 4 is 36.0 Å². The number of alkyl halides is 6. The SMILES string of the molecule is O=C(c1ccccc1)c1ccc(S(c2ccc(F)cc2)(c2ccc(F)cc2)N(S(=O)(=O)C(F)(F)F)S(=O)(=O)C(F)(F)F)cc1. The first-order chi connectivity index (χ1) is 20.3. The van der Waals surface area contributed by atoms with Gasteiger partial charge in [0.05, 0.1) is 0 Å². The van der Waals surface area contributed by atoms with Gasteiger partial charge in [0.15, 0.2) is 5.78 Å². The van der Waals surface area contributed by atoms with Gasteiger partial charge in [-0.05, 0) is 75.9 Å². The van der Waals surface area contributed by atoms with Crippen LogP contribution in [0.5, 0.6) is 0 Å². The van der Waals surface area contributed by atoms with E-state index in [0.29, 0.717) is 48.5 Å². The Balaban J connectivity index is 2.21. The summed E-state index contributed by atoms with van der Waals surface area (Å²) < 4.78 is 163. The Morgan fingerprint density at radius 3 is 1.16 bits per heavy atom. The van der Waals surface area contributed by atoms with Crippen molar-refractivity contribution in [2.75, 3.05) is 0 Å². The van der Waals surface area contributed by atoms with Gasteiger partial charge in [-0.1, -0.05) is 40.5 Å². The Hall–Kier alpha value is -3.80. The highest BCUT2D eigenvalue weighted by atomic mass is 32.4. The maximum absolute atomic E-state index is 14.2. The van der Waals surface area contributed by atoms with E-state index in [2.05, 4.69) is 0 Å². The van der Waals surface area contributed by atoms with Crippen molar-refractivity contribution in [1.82, 2.24) is 3.12 Å². The molecule has 0 saturated heterocycles. The van der Waals surface area contributed by atoms with Gasteiger partial charge < -0.3 is 0 Å². The van der Waals surface area contributed by atoms with Crippen LogP contribution in [-0.2, 0) is 20.0 Å². The molecule has 0 aliphatic rings. The molecular formula is C27H17F8NO5S3. The summed E-state index contributed by atoms with van der Waals surface area (Å²) in [7, 11) is -19.9. The summed E-state index contributed by atoms with van der Waals surface area (Å²) >= 11 is 0. The highest BCUT2D eigenvalue weighted by molar-refractivity contribution is 8.41. The molecule has 4 aromatic carbocycles. The summed E-state index contributed by atoms with van der Waals surface area (Å²) in [6, 6.07) is 15.6. The molecule has 0 saturated carbocycles. The average Bonchev–Trinajstić information content (AvgIpc) is 2.95. The van der Waals surface area contributed by atoms with Crippen molar-refractivity contribution in [3.8, 4) is 0 Å². The largest absolute Gasteiger partial charge is 0.513 e. The predicted octanol–water partition coefficient (Wildman–Crippen LogP) is 7.39. The van der Waals surface area contributed by atoms with Gasteiger partial charge in [0, 0.05) is 25.8 Å². The summed E-state index contributed by atoms with van der Waals surface area (Å²) in [6.45, 7) is 0. The van der Waals surface area contributed by atoms with Crippen molar-refractivity contribution in [1.29, 1.82) is 0 Å². The third kappa shape index (κ3) is 5.71. The van der Waals surface area contributed by atoms with Crippen LogP contribution in [0.3, 0.4) is 0 Å². The number of benzene rings is 4. The molecular weight excluding hydrogens is 666 g/mol. The molecule has 6 nitrogen and oxygen atoms in total. The lowest BCUT2D eigenvalue weighted by molar-refractivity contribution is -0.0505. The number of hydrogen-bond donors (Lipinski definition) is 0. The summed E-state index contributed by atoms with van der Waals surface area (Å²) in [6.07, 6.45) is 0. The second kappa shape index (κ2) is 11.6. The Morgan fingerprint density at radius 2 is 0.818 bits per heavy atom. The van der Waals surface area contributed by atoms with Crippen molar-refractivity contribution in [2.24, 2.45) is 0 Å². The molecule has 0 N–H and O–H groups in total. The normalized spacial score (nSPS) is 13.6. The topological polar surface area (TPSA) is 88.6 Å². The number of nitrogens with zero attached hydrogens (tertiary/aromatic N) is 1. The second-order valence-corrected chi connectivity index (χ2v) is 16.0. The molecule has 17 heteroatoms.